The monoisotopic (exact) mass is 341 g/mol. The Hall–Kier alpha value is -1.74. The Bertz CT molecular complexity index is 677. The SMILES string of the molecule is CN(C)S(C)(=O)=NCC1CCN(c2nccc(C(=O)O)n2)CC1. The fourth-order valence-corrected chi connectivity index (χ4v) is 3.01. The lowest BCUT2D eigenvalue weighted by atomic mass is 9.97. The summed E-state index contributed by atoms with van der Waals surface area (Å²) in [5, 5.41) is 8.99. The Labute approximate surface area is 136 Å². The van der Waals surface area contributed by atoms with Gasteiger partial charge in [-0.1, -0.05) is 0 Å². The van der Waals surface area contributed by atoms with Gasteiger partial charge in [-0.25, -0.2) is 27.6 Å². The summed E-state index contributed by atoms with van der Waals surface area (Å²) in [5.41, 5.74) is 0.00354. The molecule has 0 spiro atoms. The average Bonchev–Trinajstić information content (AvgIpc) is 2.53. The summed E-state index contributed by atoms with van der Waals surface area (Å²) >= 11 is 0. The first kappa shape index (κ1) is 17.6. The molecule has 2 rings (SSSR count). The molecule has 1 aliphatic rings. The van der Waals surface area contributed by atoms with Crippen molar-refractivity contribution in [1.82, 2.24) is 14.3 Å². The molecule has 2 heterocycles. The standard InChI is InChI=1S/C14H23N5O3S/c1-18(2)23(3,22)16-10-11-5-8-19(9-6-11)14-15-7-4-12(17-14)13(20)21/h4,7,11H,5-6,8-10H2,1-3H3,(H,20,21). The number of carboxylic acids is 1. The number of piperidine rings is 1. The Morgan fingerprint density at radius 1 is 1.48 bits per heavy atom. The fraction of sp³-hybridized carbons (Fsp3) is 0.643. The normalized spacial score (nSPS) is 18.7. The van der Waals surface area contributed by atoms with Crippen LogP contribution in [-0.2, 0) is 9.92 Å². The van der Waals surface area contributed by atoms with E-state index in [1.54, 1.807) is 24.7 Å². The quantitative estimate of drug-likeness (QED) is 0.856. The van der Waals surface area contributed by atoms with Crippen LogP contribution in [0.2, 0.25) is 0 Å². The van der Waals surface area contributed by atoms with Crippen molar-refractivity contribution >= 4 is 21.8 Å². The maximum atomic E-state index is 12.2. The second-order valence-electron chi connectivity index (χ2n) is 5.86. The number of hydrogen-bond acceptors (Lipinski definition) is 6. The lowest BCUT2D eigenvalue weighted by Crippen LogP contribution is -2.36. The van der Waals surface area contributed by atoms with Crippen LogP contribution in [0.25, 0.3) is 0 Å². The van der Waals surface area contributed by atoms with Crippen LogP contribution in [0.3, 0.4) is 0 Å². The van der Waals surface area contributed by atoms with Gasteiger partial charge in [0.05, 0.1) is 6.54 Å². The number of hydrogen-bond donors (Lipinski definition) is 1. The maximum absolute atomic E-state index is 12.2. The number of nitrogens with zero attached hydrogens (tertiary/aromatic N) is 5. The Kier molecular flexibility index (Phi) is 5.53. The predicted octanol–water partition coefficient (Wildman–Crippen LogP) is 0.966. The number of carboxylic acid groups (broad SMARTS) is 1. The molecule has 1 atom stereocenters. The summed E-state index contributed by atoms with van der Waals surface area (Å²) in [5.74, 6) is -0.216. The smallest absolute Gasteiger partial charge is 0.354 e. The number of aromatic nitrogens is 2. The first-order valence-electron chi connectivity index (χ1n) is 7.46. The van der Waals surface area contributed by atoms with Gasteiger partial charge in [-0.15, -0.1) is 0 Å². The Morgan fingerprint density at radius 3 is 2.70 bits per heavy atom. The van der Waals surface area contributed by atoms with Crippen molar-refractivity contribution in [3.05, 3.63) is 18.0 Å². The van der Waals surface area contributed by atoms with Gasteiger partial charge < -0.3 is 10.0 Å². The van der Waals surface area contributed by atoms with Crippen LogP contribution >= 0.6 is 0 Å². The Balaban J connectivity index is 1.95. The van der Waals surface area contributed by atoms with Crippen molar-refractivity contribution < 1.29 is 14.1 Å². The highest BCUT2D eigenvalue weighted by Gasteiger charge is 2.22. The van der Waals surface area contributed by atoms with E-state index < -0.39 is 15.9 Å². The van der Waals surface area contributed by atoms with Crippen LogP contribution in [0, 0.1) is 5.92 Å². The minimum atomic E-state index is -2.27. The molecule has 1 saturated heterocycles. The van der Waals surface area contributed by atoms with Gasteiger partial charge in [-0.3, -0.25) is 0 Å². The third-order valence-corrected chi connectivity index (χ3v) is 5.99. The molecule has 0 amide bonds. The van der Waals surface area contributed by atoms with E-state index in [0.29, 0.717) is 18.4 Å². The molecule has 0 aromatic carbocycles. The van der Waals surface area contributed by atoms with Gasteiger partial charge >= 0.3 is 5.97 Å². The zero-order chi connectivity index (χ0) is 17.0. The third-order valence-electron chi connectivity index (χ3n) is 4.01. The molecule has 0 radical (unpaired) electrons. The van der Waals surface area contributed by atoms with Crippen LogP contribution in [0.5, 0.6) is 0 Å². The maximum Gasteiger partial charge on any atom is 0.354 e. The minimum absolute atomic E-state index is 0.00354. The van der Waals surface area contributed by atoms with Gasteiger partial charge in [-0.2, -0.15) is 0 Å². The van der Waals surface area contributed by atoms with Gasteiger partial charge in [-0.05, 0) is 24.8 Å². The fourth-order valence-electron chi connectivity index (χ4n) is 2.29. The molecule has 0 saturated carbocycles. The summed E-state index contributed by atoms with van der Waals surface area (Å²) in [7, 11) is 1.26. The topological polar surface area (TPSA) is 99.0 Å². The number of anilines is 1. The highest BCUT2D eigenvalue weighted by atomic mass is 32.2. The van der Waals surface area contributed by atoms with E-state index in [1.807, 2.05) is 4.90 Å². The molecular formula is C14H23N5O3S. The molecule has 23 heavy (non-hydrogen) atoms. The van der Waals surface area contributed by atoms with Crippen LogP contribution < -0.4 is 4.90 Å². The van der Waals surface area contributed by atoms with Gasteiger partial charge in [0.2, 0.25) is 5.95 Å². The van der Waals surface area contributed by atoms with Gasteiger partial charge in [0.25, 0.3) is 0 Å². The van der Waals surface area contributed by atoms with Crippen molar-refractivity contribution in [2.75, 3.05) is 44.9 Å². The van der Waals surface area contributed by atoms with Crippen LogP contribution in [0.4, 0.5) is 5.95 Å². The lowest BCUT2D eigenvalue weighted by Gasteiger charge is -2.31. The third kappa shape index (κ3) is 4.61. The van der Waals surface area contributed by atoms with Gasteiger partial charge in [0, 0.05) is 39.6 Å². The molecule has 8 nitrogen and oxygen atoms in total. The largest absolute Gasteiger partial charge is 0.477 e. The van der Waals surface area contributed by atoms with E-state index >= 15 is 0 Å². The summed E-state index contributed by atoms with van der Waals surface area (Å²) in [6, 6.07) is 1.39. The molecule has 0 aliphatic carbocycles. The van der Waals surface area contributed by atoms with Crippen LogP contribution in [0.1, 0.15) is 23.3 Å². The molecule has 1 aromatic rings. The zero-order valence-corrected chi connectivity index (χ0v) is 14.5. The first-order valence-corrected chi connectivity index (χ1v) is 9.34. The molecule has 0 bridgehead atoms. The Morgan fingerprint density at radius 2 is 2.13 bits per heavy atom. The second kappa shape index (κ2) is 7.22. The van der Waals surface area contributed by atoms with E-state index in [1.165, 1.54) is 12.3 Å². The van der Waals surface area contributed by atoms with E-state index in [4.69, 9.17) is 5.11 Å². The average molecular weight is 341 g/mol. The number of aromatic carboxylic acids is 1. The molecule has 1 N–H and O–H groups in total. The highest BCUT2D eigenvalue weighted by Crippen LogP contribution is 2.21. The predicted molar refractivity (Wildman–Crippen MR) is 89.0 cm³/mol. The lowest BCUT2D eigenvalue weighted by molar-refractivity contribution is 0.0690. The van der Waals surface area contributed by atoms with Gasteiger partial charge in [0.1, 0.15) is 9.92 Å². The zero-order valence-electron chi connectivity index (χ0n) is 13.7. The minimum Gasteiger partial charge on any atom is -0.477 e. The second-order valence-corrected chi connectivity index (χ2v) is 8.38. The molecule has 128 valence electrons. The van der Waals surface area contributed by atoms with Crippen LogP contribution in [-0.4, -0.2) is 69.5 Å². The van der Waals surface area contributed by atoms with Crippen molar-refractivity contribution in [2.45, 2.75) is 12.8 Å². The summed E-state index contributed by atoms with van der Waals surface area (Å²) in [4.78, 5) is 21.2. The first-order chi connectivity index (χ1) is 10.8. The van der Waals surface area contributed by atoms with Crippen molar-refractivity contribution in [3.8, 4) is 0 Å². The van der Waals surface area contributed by atoms with Crippen molar-refractivity contribution in [2.24, 2.45) is 10.3 Å². The number of rotatable bonds is 5. The summed E-state index contributed by atoms with van der Waals surface area (Å²) in [6.45, 7) is 2.07. The molecular weight excluding hydrogens is 318 g/mol. The summed E-state index contributed by atoms with van der Waals surface area (Å²) in [6.07, 6.45) is 4.91. The van der Waals surface area contributed by atoms with E-state index in [9.17, 15) is 9.00 Å². The van der Waals surface area contributed by atoms with Crippen molar-refractivity contribution in [1.29, 1.82) is 0 Å². The van der Waals surface area contributed by atoms with Gasteiger partial charge in [0.15, 0.2) is 5.69 Å². The molecule has 1 aliphatic heterocycles. The van der Waals surface area contributed by atoms with Crippen LogP contribution in [0.15, 0.2) is 16.6 Å². The summed E-state index contributed by atoms with van der Waals surface area (Å²) < 4.78 is 18.2. The number of carbonyl (C=O) groups is 1. The molecule has 9 heteroatoms. The molecule has 1 fully saturated rings. The van der Waals surface area contributed by atoms with E-state index in [-0.39, 0.29) is 5.69 Å². The molecule has 1 aromatic heterocycles. The molecule has 1 unspecified atom stereocenters. The van der Waals surface area contributed by atoms with E-state index in [2.05, 4.69) is 14.3 Å². The van der Waals surface area contributed by atoms with E-state index in [0.717, 1.165) is 25.9 Å². The van der Waals surface area contributed by atoms with Crippen molar-refractivity contribution in [3.63, 3.8) is 0 Å². The highest BCUT2D eigenvalue weighted by molar-refractivity contribution is 7.90.